The zero-order valence-electron chi connectivity index (χ0n) is 10.8. The number of nitrogens with one attached hydrogen (secondary N) is 2. The first kappa shape index (κ1) is 15.5. The highest BCUT2D eigenvalue weighted by molar-refractivity contribution is 7.13. The van der Waals surface area contributed by atoms with Crippen LogP contribution < -0.4 is 10.6 Å². The smallest absolute Gasteiger partial charge is 0.422 e. The average molecular weight is 323 g/mol. The van der Waals surface area contributed by atoms with E-state index in [4.69, 9.17) is 5.11 Å². The summed E-state index contributed by atoms with van der Waals surface area (Å²) in [4.78, 5) is 26.4. The van der Waals surface area contributed by atoms with Crippen molar-refractivity contribution in [1.82, 2.24) is 10.3 Å². The number of urea groups is 1. The highest BCUT2D eigenvalue weighted by atomic mass is 32.1. The molecule has 1 unspecified atom stereocenters. The van der Waals surface area contributed by atoms with Crippen LogP contribution in [0.15, 0.2) is 5.38 Å². The van der Waals surface area contributed by atoms with E-state index in [0.717, 1.165) is 29.9 Å². The first-order valence-electron chi connectivity index (χ1n) is 5.98. The zero-order valence-corrected chi connectivity index (χ0v) is 11.6. The molecular weight excluding hydrogens is 311 g/mol. The SMILES string of the molecule is CC(NC(=O)Nc1nc(C2CC2)cs1)(C(=O)O)C(F)(F)F. The summed E-state index contributed by atoms with van der Waals surface area (Å²) in [5.74, 6) is -1.85. The van der Waals surface area contributed by atoms with Crippen LogP contribution in [-0.4, -0.2) is 33.8 Å². The van der Waals surface area contributed by atoms with E-state index >= 15 is 0 Å². The van der Waals surface area contributed by atoms with Gasteiger partial charge in [-0.05, 0) is 19.8 Å². The Balaban J connectivity index is 2.03. The number of rotatable bonds is 4. The van der Waals surface area contributed by atoms with Gasteiger partial charge in [0, 0.05) is 11.3 Å². The number of aromatic nitrogens is 1. The van der Waals surface area contributed by atoms with Crippen LogP contribution >= 0.6 is 11.3 Å². The van der Waals surface area contributed by atoms with E-state index < -0.39 is 23.7 Å². The first-order valence-corrected chi connectivity index (χ1v) is 6.86. The van der Waals surface area contributed by atoms with Crippen LogP contribution in [0.2, 0.25) is 0 Å². The zero-order chi connectivity index (χ0) is 15.8. The molecule has 0 aromatic carbocycles. The number of aliphatic carboxylic acids is 1. The molecule has 2 amide bonds. The third kappa shape index (κ3) is 3.26. The second-order valence-corrected chi connectivity index (χ2v) is 5.72. The molecule has 1 heterocycles. The van der Waals surface area contributed by atoms with Crippen molar-refractivity contribution in [3.63, 3.8) is 0 Å². The van der Waals surface area contributed by atoms with Crippen molar-refractivity contribution in [2.75, 3.05) is 5.32 Å². The molecule has 21 heavy (non-hydrogen) atoms. The lowest BCUT2D eigenvalue weighted by Gasteiger charge is -2.28. The maximum absolute atomic E-state index is 12.7. The first-order chi connectivity index (χ1) is 9.63. The van der Waals surface area contributed by atoms with Crippen LogP contribution in [0, 0.1) is 0 Å². The summed E-state index contributed by atoms with van der Waals surface area (Å²) in [6, 6.07) is -1.27. The van der Waals surface area contributed by atoms with Crippen LogP contribution in [0.5, 0.6) is 0 Å². The van der Waals surface area contributed by atoms with Gasteiger partial charge >= 0.3 is 18.2 Å². The van der Waals surface area contributed by atoms with Crippen LogP contribution in [0.3, 0.4) is 0 Å². The Kier molecular flexibility index (Phi) is 3.83. The molecule has 6 nitrogen and oxygen atoms in total. The van der Waals surface area contributed by atoms with Crippen molar-refractivity contribution >= 4 is 28.5 Å². The highest BCUT2D eigenvalue weighted by Gasteiger charge is 2.58. The normalized spacial score (nSPS) is 17.9. The van der Waals surface area contributed by atoms with Gasteiger partial charge in [0.2, 0.25) is 5.54 Å². The van der Waals surface area contributed by atoms with Crippen molar-refractivity contribution < 1.29 is 27.9 Å². The molecule has 0 bridgehead atoms. The number of nitrogens with zero attached hydrogens (tertiary/aromatic N) is 1. The number of hydrogen-bond donors (Lipinski definition) is 3. The standard InChI is InChI=1S/C11H12F3N3O3S/c1-10(7(18)19,11(12,13)14)17-8(20)16-9-15-6(4-21-9)5-2-3-5/h4-5H,2-3H2,1H3,(H,18,19)(H2,15,16,17,20). The number of halogens is 3. The van der Waals surface area contributed by atoms with Crippen LogP contribution in [-0.2, 0) is 4.79 Å². The number of alkyl halides is 3. The second kappa shape index (κ2) is 5.17. The van der Waals surface area contributed by atoms with Crippen LogP contribution in [0.25, 0.3) is 0 Å². The Morgan fingerprint density at radius 2 is 2.05 bits per heavy atom. The monoisotopic (exact) mass is 323 g/mol. The molecule has 2 rings (SSSR count). The molecule has 0 spiro atoms. The lowest BCUT2D eigenvalue weighted by atomic mass is 10.0. The molecule has 1 fully saturated rings. The fourth-order valence-electron chi connectivity index (χ4n) is 1.51. The van der Waals surface area contributed by atoms with Gasteiger partial charge in [0.1, 0.15) is 0 Å². The Bertz CT molecular complexity index is 571. The Hall–Kier alpha value is -1.84. The summed E-state index contributed by atoms with van der Waals surface area (Å²) in [7, 11) is 0. The molecule has 0 radical (unpaired) electrons. The largest absolute Gasteiger partial charge is 0.479 e. The molecule has 1 aliphatic carbocycles. The summed E-state index contributed by atoms with van der Waals surface area (Å²) < 4.78 is 38.2. The lowest BCUT2D eigenvalue weighted by Crippen LogP contribution is -2.62. The fraction of sp³-hybridized carbons (Fsp3) is 0.545. The van der Waals surface area contributed by atoms with E-state index in [9.17, 15) is 22.8 Å². The molecule has 1 atom stereocenters. The minimum absolute atomic E-state index is 0.129. The Morgan fingerprint density at radius 1 is 1.43 bits per heavy atom. The summed E-state index contributed by atoms with van der Waals surface area (Å²) >= 11 is 1.08. The summed E-state index contributed by atoms with van der Waals surface area (Å²) in [6.07, 6.45) is -3.13. The molecule has 1 saturated carbocycles. The van der Waals surface area contributed by atoms with Crippen molar-refractivity contribution in [2.24, 2.45) is 0 Å². The molecule has 10 heteroatoms. The Labute approximate surface area is 121 Å². The third-order valence-electron chi connectivity index (χ3n) is 3.10. The number of anilines is 1. The number of carbonyl (C=O) groups excluding carboxylic acids is 1. The molecule has 1 aromatic heterocycles. The Morgan fingerprint density at radius 3 is 2.52 bits per heavy atom. The quantitative estimate of drug-likeness (QED) is 0.794. The molecule has 0 saturated heterocycles. The minimum atomic E-state index is -5.13. The van der Waals surface area contributed by atoms with E-state index in [1.807, 2.05) is 0 Å². The predicted octanol–water partition coefficient (Wildman–Crippen LogP) is 2.55. The van der Waals surface area contributed by atoms with Crippen molar-refractivity contribution in [3.8, 4) is 0 Å². The van der Waals surface area contributed by atoms with E-state index in [0.29, 0.717) is 12.8 Å². The van der Waals surface area contributed by atoms with Gasteiger partial charge in [-0.3, -0.25) is 5.32 Å². The topological polar surface area (TPSA) is 91.3 Å². The number of thiazole rings is 1. The highest BCUT2D eigenvalue weighted by Crippen LogP contribution is 2.40. The summed E-state index contributed by atoms with van der Waals surface area (Å²) in [6.45, 7) is 0.381. The van der Waals surface area contributed by atoms with Crippen molar-refractivity contribution in [2.45, 2.75) is 37.4 Å². The van der Waals surface area contributed by atoms with E-state index in [2.05, 4.69) is 10.3 Å². The number of amides is 2. The molecule has 0 aliphatic heterocycles. The van der Waals surface area contributed by atoms with E-state index in [1.165, 1.54) is 5.32 Å². The van der Waals surface area contributed by atoms with Crippen LogP contribution in [0.1, 0.15) is 31.4 Å². The van der Waals surface area contributed by atoms with Gasteiger partial charge in [-0.25, -0.2) is 14.6 Å². The van der Waals surface area contributed by atoms with Gasteiger partial charge in [0.25, 0.3) is 0 Å². The summed E-state index contributed by atoms with van der Waals surface area (Å²) in [5.41, 5.74) is -2.58. The second-order valence-electron chi connectivity index (χ2n) is 4.86. The van der Waals surface area contributed by atoms with Crippen LogP contribution in [0.4, 0.5) is 23.1 Å². The van der Waals surface area contributed by atoms with Crippen molar-refractivity contribution in [1.29, 1.82) is 0 Å². The molecule has 116 valence electrons. The molecular formula is C11H12F3N3O3S. The average Bonchev–Trinajstić information content (AvgIpc) is 3.09. The number of carboxylic acid groups (broad SMARTS) is 1. The number of hydrogen-bond acceptors (Lipinski definition) is 4. The molecule has 1 aromatic rings. The molecule has 1 aliphatic rings. The molecule has 3 N–H and O–H groups in total. The number of carbonyl (C=O) groups is 2. The van der Waals surface area contributed by atoms with Gasteiger partial charge in [0.05, 0.1) is 5.69 Å². The van der Waals surface area contributed by atoms with E-state index in [1.54, 1.807) is 5.38 Å². The maximum atomic E-state index is 12.7. The predicted molar refractivity (Wildman–Crippen MR) is 68.3 cm³/mol. The van der Waals surface area contributed by atoms with Gasteiger partial charge in [-0.1, -0.05) is 0 Å². The summed E-state index contributed by atoms with van der Waals surface area (Å²) in [5, 5.41) is 14.1. The fourth-order valence-corrected chi connectivity index (χ4v) is 2.30. The van der Waals surface area contributed by atoms with E-state index in [-0.39, 0.29) is 5.13 Å². The maximum Gasteiger partial charge on any atom is 0.422 e. The number of carboxylic acids is 1. The van der Waals surface area contributed by atoms with Gasteiger partial charge < -0.3 is 10.4 Å². The van der Waals surface area contributed by atoms with Gasteiger partial charge in [-0.2, -0.15) is 13.2 Å². The third-order valence-corrected chi connectivity index (χ3v) is 3.87. The van der Waals surface area contributed by atoms with Gasteiger partial charge in [0.15, 0.2) is 5.13 Å². The lowest BCUT2D eigenvalue weighted by molar-refractivity contribution is -0.203. The minimum Gasteiger partial charge on any atom is -0.479 e. The van der Waals surface area contributed by atoms with Crippen molar-refractivity contribution in [3.05, 3.63) is 11.1 Å². The van der Waals surface area contributed by atoms with Gasteiger partial charge in [-0.15, -0.1) is 11.3 Å².